The van der Waals surface area contributed by atoms with Crippen LogP contribution in [0.3, 0.4) is 0 Å². The van der Waals surface area contributed by atoms with Crippen LogP contribution in [0.5, 0.6) is 11.5 Å². The van der Waals surface area contributed by atoms with E-state index in [1.54, 1.807) is 14.2 Å². The van der Waals surface area contributed by atoms with Gasteiger partial charge in [0, 0.05) is 10.7 Å². The first-order chi connectivity index (χ1) is 12.1. The van der Waals surface area contributed by atoms with E-state index in [2.05, 4.69) is 31.7 Å². The van der Waals surface area contributed by atoms with E-state index >= 15 is 0 Å². The van der Waals surface area contributed by atoms with Crippen LogP contribution in [0.4, 0.5) is 0 Å². The lowest BCUT2D eigenvalue weighted by atomic mass is 9.95. The van der Waals surface area contributed by atoms with E-state index in [4.69, 9.17) is 14.2 Å². The Hall–Kier alpha value is -1.77. The van der Waals surface area contributed by atoms with Crippen LogP contribution >= 0.6 is 15.9 Å². The molecule has 25 heavy (non-hydrogen) atoms. The second kappa shape index (κ2) is 7.63. The number of hydrogen-bond acceptors (Lipinski definition) is 7. The van der Waals surface area contributed by atoms with Crippen molar-refractivity contribution in [3.8, 4) is 11.5 Å². The molecule has 0 amide bonds. The van der Waals surface area contributed by atoms with Crippen molar-refractivity contribution < 1.29 is 19.0 Å². The van der Waals surface area contributed by atoms with Gasteiger partial charge in [-0.2, -0.15) is 5.01 Å². The van der Waals surface area contributed by atoms with E-state index in [-0.39, 0.29) is 24.2 Å². The Kier molecular flexibility index (Phi) is 5.51. The molecule has 2 heterocycles. The Labute approximate surface area is 155 Å². The Morgan fingerprint density at radius 1 is 1.32 bits per heavy atom. The molecule has 3 rings (SSSR count). The Balaban J connectivity index is 1.91. The predicted octanol–water partition coefficient (Wildman–Crippen LogP) is 2.05. The second-order valence-electron chi connectivity index (χ2n) is 5.81. The average Bonchev–Trinajstić information content (AvgIpc) is 3.01. The number of methoxy groups -OCH3 is 2. The summed E-state index contributed by atoms with van der Waals surface area (Å²) >= 11 is 3.54. The van der Waals surface area contributed by atoms with Crippen molar-refractivity contribution in [3.05, 3.63) is 34.4 Å². The highest BCUT2D eigenvalue weighted by Gasteiger charge is 2.42. The number of carbonyl (C=O) groups excluding carboxylic acids is 1. The summed E-state index contributed by atoms with van der Waals surface area (Å²) < 4.78 is 16.9. The smallest absolute Gasteiger partial charge is 0.323 e. The summed E-state index contributed by atoms with van der Waals surface area (Å²) in [5, 5.41) is 5.39. The number of benzene rings is 1. The summed E-state index contributed by atoms with van der Waals surface area (Å²) in [6, 6.07) is 5.39. The van der Waals surface area contributed by atoms with E-state index in [9.17, 15) is 4.79 Å². The summed E-state index contributed by atoms with van der Waals surface area (Å²) in [5.41, 5.74) is 4.28. The highest BCUT2D eigenvalue weighted by atomic mass is 79.9. The van der Waals surface area contributed by atoms with Crippen LogP contribution < -0.4 is 20.2 Å². The van der Waals surface area contributed by atoms with Crippen molar-refractivity contribution in [2.45, 2.75) is 31.6 Å². The molecule has 7 nitrogen and oxygen atoms in total. The van der Waals surface area contributed by atoms with Gasteiger partial charge in [-0.15, -0.1) is 0 Å². The molecule has 1 saturated heterocycles. The maximum absolute atomic E-state index is 12.3. The number of halogens is 1. The predicted molar refractivity (Wildman–Crippen MR) is 96.2 cm³/mol. The number of hydrazine groups is 1. The summed E-state index contributed by atoms with van der Waals surface area (Å²) in [6.45, 7) is 2.17. The normalized spacial score (nSPS) is 25.6. The second-order valence-corrected chi connectivity index (χ2v) is 6.72. The van der Waals surface area contributed by atoms with Crippen LogP contribution in [0, 0.1) is 0 Å². The average molecular weight is 412 g/mol. The third-order valence-corrected chi connectivity index (χ3v) is 5.07. The van der Waals surface area contributed by atoms with Crippen LogP contribution in [-0.2, 0) is 9.53 Å². The molecular weight excluding hydrogens is 390 g/mol. The molecule has 0 bridgehead atoms. The van der Waals surface area contributed by atoms with E-state index in [1.807, 2.05) is 31.3 Å². The fraction of sp³-hybridized carbons (Fsp3) is 0.471. The molecule has 2 N–H and O–H groups in total. The van der Waals surface area contributed by atoms with Gasteiger partial charge in [-0.25, -0.2) is 0 Å². The molecular formula is C17H22BrN3O4. The molecule has 8 heteroatoms. The molecule has 2 aliphatic heterocycles. The number of nitrogens with zero attached hydrogens (tertiary/aromatic N) is 1. The Morgan fingerprint density at radius 2 is 2.08 bits per heavy atom. The summed E-state index contributed by atoms with van der Waals surface area (Å²) in [7, 11) is 3.22. The maximum Gasteiger partial charge on any atom is 0.323 e. The topological polar surface area (TPSA) is 72.1 Å². The molecule has 0 radical (unpaired) electrons. The third kappa shape index (κ3) is 3.47. The van der Waals surface area contributed by atoms with Gasteiger partial charge in [0.25, 0.3) is 0 Å². The van der Waals surface area contributed by atoms with Crippen LogP contribution in [0.25, 0.3) is 0 Å². The number of ether oxygens (including phenoxy) is 3. The van der Waals surface area contributed by atoms with Gasteiger partial charge in [0.15, 0.2) is 11.5 Å². The minimum absolute atomic E-state index is 0.0354. The van der Waals surface area contributed by atoms with Gasteiger partial charge in [0.05, 0.1) is 26.9 Å². The molecule has 136 valence electrons. The lowest BCUT2D eigenvalue weighted by Gasteiger charge is -2.41. The summed E-state index contributed by atoms with van der Waals surface area (Å²) in [5.74, 6) is 1.10. The van der Waals surface area contributed by atoms with Crippen molar-refractivity contribution in [1.82, 2.24) is 15.8 Å². The first-order valence-electron chi connectivity index (χ1n) is 8.13. The number of fused-ring (bicyclic) bond motifs is 1. The summed E-state index contributed by atoms with van der Waals surface area (Å²) in [4.78, 5) is 12.3. The standard InChI is InChI=1S/C17H22BrN3O4/c1-4-25-17(22)12-8-13(21-16(20-12)11(18)9-19-21)10-5-6-14(23-2)15(7-10)24-3/h5-7,9,12-13,16,19-20H,4,8H2,1-3H3. The summed E-state index contributed by atoms with van der Waals surface area (Å²) in [6.07, 6.45) is 2.31. The van der Waals surface area contributed by atoms with Crippen molar-refractivity contribution in [1.29, 1.82) is 0 Å². The highest BCUT2D eigenvalue weighted by molar-refractivity contribution is 9.11. The number of esters is 1. The lowest BCUT2D eigenvalue weighted by Crippen LogP contribution is -2.60. The molecule has 0 aliphatic carbocycles. The van der Waals surface area contributed by atoms with Gasteiger partial charge in [-0.3, -0.25) is 10.1 Å². The molecule has 3 unspecified atom stereocenters. The monoisotopic (exact) mass is 411 g/mol. The first kappa shape index (κ1) is 18.0. The zero-order valence-corrected chi connectivity index (χ0v) is 16.0. The molecule has 0 saturated carbocycles. The van der Waals surface area contributed by atoms with Crippen molar-refractivity contribution in [2.75, 3.05) is 20.8 Å². The molecule has 0 spiro atoms. The number of carbonyl (C=O) groups is 1. The Morgan fingerprint density at radius 3 is 2.76 bits per heavy atom. The first-order valence-corrected chi connectivity index (χ1v) is 8.93. The number of rotatable bonds is 5. The lowest BCUT2D eigenvalue weighted by molar-refractivity contribution is -0.148. The molecule has 2 aliphatic rings. The highest BCUT2D eigenvalue weighted by Crippen LogP contribution is 2.38. The van der Waals surface area contributed by atoms with Gasteiger partial charge in [0.2, 0.25) is 0 Å². The van der Waals surface area contributed by atoms with Crippen LogP contribution in [-0.4, -0.2) is 44.0 Å². The minimum Gasteiger partial charge on any atom is -0.493 e. The molecule has 1 aromatic rings. The number of nitrogens with one attached hydrogen (secondary N) is 2. The van der Waals surface area contributed by atoms with Gasteiger partial charge >= 0.3 is 5.97 Å². The van der Waals surface area contributed by atoms with Crippen LogP contribution in [0.2, 0.25) is 0 Å². The van der Waals surface area contributed by atoms with Gasteiger partial charge in [0.1, 0.15) is 12.2 Å². The maximum atomic E-state index is 12.3. The van der Waals surface area contributed by atoms with E-state index in [1.165, 1.54) is 0 Å². The van der Waals surface area contributed by atoms with Crippen LogP contribution in [0.1, 0.15) is 24.9 Å². The SMILES string of the molecule is CCOC(=O)C1CC(c2ccc(OC)c(OC)c2)N2NC=C(Br)C2N1. The molecule has 1 fully saturated rings. The number of hydrogen-bond donors (Lipinski definition) is 2. The van der Waals surface area contributed by atoms with Gasteiger partial charge < -0.3 is 19.6 Å². The zero-order valence-electron chi connectivity index (χ0n) is 14.4. The fourth-order valence-corrected chi connectivity index (χ4v) is 3.67. The van der Waals surface area contributed by atoms with Crippen LogP contribution in [0.15, 0.2) is 28.9 Å². The van der Waals surface area contributed by atoms with Crippen molar-refractivity contribution in [3.63, 3.8) is 0 Å². The van der Waals surface area contributed by atoms with Crippen molar-refractivity contribution >= 4 is 21.9 Å². The zero-order chi connectivity index (χ0) is 18.0. The third-order valence-electron chi connectivity index (χ3n) is 4.41. The molecule has 3 atom stereocenters. The van der Waals surface area contributed by atoms with E-state index in [0.717, 1.165) is 10.0 Å². The largest absolute Gasteiger partial charge is 0.493 e. The molecule has 1 aromatic carbocycles. The minimum atomic E-state index is -0.389. The Bertz CT molecular complexity index is 682. The van der Waals surface area contributed by atoms with E-state index < -0.39 is 0 Å². The molecule has 0 aromatic heterocycles. The van der Waals surface area contributed by atoms with Gasteiger partial charge in [-0.05, 0) is 31.0 Å². The fourth-order valence-electron chi connectivity index (χ4n) is 3.21. The van der Waals surface area contributed by atoms with E-state index in [0.29, 0.717) is 24.5 Å². The van der Waals surface area contributed by atoms with Gasteiger partial charge in [-0.1, -0.05) is 22.0 Å². The quantitative estimate of drug-likeness (QED) is 0.718. The van der Waals surface area contributed by atoms with Crippen molar-refractivity contribution in [2.24, 2.45) is 0 Å².